The van der Waals surface area contributed by atoms with Gasteiger partial charge >= 0.3 is 6.18 Å². The van der Waals surface area contributed by atoms with Crippen LogP contribution in [0.1, 0.15) is 23.0 Å². The fourth-order valence-corrected chi connectivity index (χ4v) is 2.53. The van der Waals surface area contributed by atoms with Gasteiger partial charge in [-0.25, -0.2) is 8.78 Å². The highest BCUT2D eigenvalue weighted by atomic mass is 127. The molecule has 0 atom stereocenters. The predicted molar refractivity (Wildman–Crippen MR) is 86.4 cm³/mol. The lowest BCUT2D eigenvalue weighted by Gasteiger charge is -2.11. The monoisotopic (exact) mass is 475 g/mol. The second-order valence-electron chi connectivity index (χ2n) is 4.79. The third-order valence-electron chi connectivity index (χ3n) is 3.07. The number of hydrogen-bond acceptors (Lipinski definition) is 3. The predicted octanol–water partition coefficient (Wildman–Crippen LogP) is 3.97. The Kier molecular flexibility index (Phi) is 5.54. The molecule has 0 unspecified atom stereocenters. The largest absolute Gasteiger partial charge is 0.493 e. The lowest BCUT2D eigenvalue weighted by molar-refractivity contribution is -0.143. The SMILES string of the molecule is CCOc1cc(C(=O)Nc2cc(C(F)(F)F)n(C)n2)c(F)c(F)c1I. The molecular formula is C14H11F5IN3O2. The summed E-state index contributed by atoms with van der Waals surface area (Å²) in [5.74, 6) is -4.37. The van der Waals surface area contributed by atoms with Gasteiger partial charge in [-0.3, -0.25) is 9.48 Å². The summed E-state index contributed by atoms with van der Waals surface area (Å²) >= 11 is 1.52. The van der Waals surface area contributed by atoms with Crippen molar-refractivity contribution < 1.29 is 31.5 Å². The molecule has 5 nitrogen and oxygen atoms in total. The first-order valence-corrected chi connectivity index (χ1v) is 7.87. The minimum atomic E-state index is -4.67. The fraction of sp³-hybridized carbons (Fsp3) is 0.286. The van der Waals surface area contributed by atoms with Crippen molar-refractivity contribution in [1.29, 1.82) is 0 Å². The topological polar surface area (TPSA) is 56.1 Å². The standard InChI is InChI=1S/C14H11F5IN3O2/c1-3-25-7-4-6(10(15)11(16)12(7)20)13(24)21-9-5-8(14(17,18)19)23(2)22-9/h4-5H,3H2,1-2H3,(H,21,22,24). The number of nitrogens with zero attached hydrogens (tertiary/aromatic N) is 2. The first-order valence-electron chi connectivity index (χ1n) is 6.79. The molecule has 0 spiro atoms. The summed E-state index contributed by atoms with van der Waals surface area (Å²) in [6.07, 6.45) is -4.67. The number of halogens is 6. The molecule has 1 aromatic heterocycles. The Morgan fingerprint density at radius 3 is 2.48 bits per heavy atom. The molecule has 0 fully saturated rings. The van der Waals surface area contributed by atoms with Crippen LogP contribution in [0.3, 0.4) is 0 Å². The molecule has 0 saturated carbocycles. The van der Waals surface area contributed by atoms with E-state index in [0.717, 1.165) is 13.1 Å². The number of aryl methyl sites for hydroxylation is 1. The third kappa shape index (κ3) is 4.02. The lowest BCUT2D eigenvalue weighted by Crippen LogP contribution is -2.16. The van der Waals surface area contributed by atoms with E-state index in [4.69, 9.17) is 4.74 Å². The van der Waals surface area contributed by atoms with Crippen molar-refractivity contribution in [2.75, 3.05) is 11.9 Å². The van der Waals surface area contributed by atoms with Crippen molar-refractivity contribution >= 4 is 34.3 Å². The minimum absolute atomic E-state index is 0.0517. The summed E-state index contributed by atoms with van der Waals surface area (Å²) < 4.78 is 71.6. The maximum atomic E-state index is 14.0. The van der Waals surface area contributed by atoms with Crippen LogP contribution in [0, 0.1) is 15.2 Å². The average molecular weight is 475 g/mol. The van der Waals surface area contributed by atoms with Gasteiger partial charge in [-0.15, -0.1) is 0 Å². The van der Waals surface area contributed by atoms with E-state index in [-0.39, 0.29) is 15.9 Å². The van der Waals surface area contributed by atoms with Gasteiger partial charge in [-0.1, -0.05) is 0 Å². The second-order valence-corrected chi connectivity index (χ2v) is 5.87. The molecule has 0 bridgehead atoms. The summed E-state index contributed by atoms with van der Waals surface area (Å²) in [4.78, 5) is 12.1. The molecule has 1 aromatic carbocycles. The number of carbonyl (C=O) groups excluding carboxylic acids is 1. The molecule has 0 aliphatic carbocycles. The Hall–Kier alpha value is -1.92. The molecule has 0 aliphatic heterocycles. The summed E-state index contributed by atoms with van der Waals surface area (Å²) in [7, 11) is 1.04. The molecular weight excluding hydrogens is 464 g/mol. The van der Waals surface area contributed by atoms with Crippen LogP contribution in [0.4, 0.5) is 27.8 Å². The molecule has 1 N–H and O–H groups in total. The number of ether oxygens (including phenoxy) is 1. The van der Waals surface area contributed by atoms with Gasteiger partial charge < -0.3 is 10.1 Å². The highest BCUT2D eigenvalue weighted by Crippen LogP contribution is 2.31. The van der Waals surface area contributed by atoms with Crippen molar-refractivity contribution in [1.82, 2.24) is 9.78 Å². The van der Waals surface area contributed by atoms with Crippen LogP contribution in [0.25, 0.3) is 0 Å². The van der Waals surface area contributed by atoms with Crippen LogP contribution in [-0.4, -0.2) is 22.3 Å². The van der Waals surface area contributed by atoms with E-state index in [1.807, 2.05) is 5.32 Å². The van der Waals surface area contributed by atoms with E-state index in [1.54, 1.807) is 6.92 Å². The van der Waals surface area contributed by atoms with Crippen LogP contribution in [0.15, 0.2) is 12.1 Å². The number of nitrogens with one attached hydrogen (secondary N) is 1. The zero-order valence-electron chi connectivity index (χ0n) is 12.8. The molecule has 0 radical (unpaired) electrons. The van der Waals surface area contributed by atoms with Crippen molar-refractivity contribution in [3.63, 3.8) is 0 Å². The van der Waals surface area contributed by atoms with Crippen LogP contribution in [0.2, 0.25) is 0 Å². The number of aromatic nitrogens is 2. The van der Waals surface area contributed by atoms with Crippen molar-refractivity contribution in [2.24, 2.45) is 7.05 Å². The van der Waals surface area contributed by atoms with E-state index < -0.39 is 40.8 Å². The normalized spacial score (nSPS) is 11.5. The number of rotatable bonds is 4. The smallest absolute Gasteiger partial charge is 0.433 e. The van der Waals surface area contributed by atoms with E-state index in [2.05, 4.69) is 5.10 Å². The van der Waals surface area contributed by atoms with E-state index in [9.17, 15) is 26.7 Å². The average Bonchev–Trinajstić information content (AvgIpc) is 2.88. The Morgan fingerprint density at radius 1 is 1.32 bits per heavy atom. The van der Waals surface area contributed by atoms with E-state index in [0.29, 0.717) is 10.7 Å². The molecule has 0 aliphatic rings. The molecule has 1 heterocycles. The van der Waals surface area contributed by atoms with Gasteiger partial charge in [0.25, 0.3) is 5.91 Å². The van der Waals surface area contributed by atoms with Gasteiger partial charge in [-0.05, 0) is 35.6 Å². The number of anilines is 1. The van der Waals surface area contributed by atoms with E-state index >= 15 is 0 Å². The number of hydrogen-bond donors (Lipinski definition) is 1. The summed E-state index contributed by atoms with van der Waals surface area (Å²) in [5, 5.41) is 5.50. The molecule has 136 valence electrons. The lowest BCUT2D eigenvalue weighted by atomic mass is 10.1. The molecule has 1 amide bonds. The van der Waals surface area contributed by atoms with Crippen LogP contribution in [-0.2, 0) is 13.2 Å². The minimum Gasteiger partial charge on any atom is -0.493 e. The highest BCUT2D eigenvalue weighted by molar-refractivity contribution is 14.1. The van der Waals surface area contributed by atoms with Gasteiger partial charge in [0, 0.05) is 13.1 Å². The molecule has 0 saturated heterocycles. The van der Waals surface area contributed by atoms with Crippen molar-refractivity contribution in [2.45, 2.75) is 13.1 Å². The second kappa shape index (κ2) is 7.14. The summed E-state index contributed by atoms with van der Waals surface area (Å²) in [5.41, 5.74) is -1.81. The van der Waals surface area contributed by atoms with Gasteiger partial charge in [0.15, 0.2) is 17.5 Å². The maximum Gasteiger partial charge on any atom is 0.433 e. The quantitative estimate of drug-likeness (QED) is 0.414. The molecule has 11 heteroatoms. The van der Waals surface area contributed by atoms with Gasteiger partial charge in [0.1, 0.15) is 11.4 Å². The fourth-order valence-electron chi connectivity index (χ4n) is 1.98. The Bertz CT molecular complexity index is 820. The van der Waals surface area contributed by atoms with Crippen LogP contribution < -0.4 is 10.1 Å². The number of alkyl halides is 3. The number of carbonyl (C=O) groups is 1. The summed E-state index contributed by atoms with van der Waals surface area (Å²) in [6, 6.07) is 1.56. The number of amides is 1. The Labute approximate surface area is 152 Å². The molecule has 2 aromatic rings. The molecule has 25 heavy (non-hydrogen) atoms. The maximum absolute atomic E-state index is 14.0. The zero-order valence-corrected chi connectivity index (χ0v) is 15.0. The summed E-state index contributed by atoms with van der Waals surface area (Å²) in [6.45, 7) is 1.76. The van der Waals surface area contributed by atoms with Crippen LogP contribution >= 0.6 is 22.6 Å². The highest BCUT2D eigenvalue weighted by Gasteiger charge is 2.35. The first kappa shape index (κ1) is 19.4. The first-order chi connectivity index (χ1) is 11.6. The zero-order chi connectivity index (χ0) is 18.9. The van der Waals surface area contributed by atoms with Gasteiger partial charge in [-0.2, -0.15) is 18.3 Å². The third-order valence-corrected chi connectivity index (χ3v) is 4.08. The molecule has 2 rings (SSSR count). The van der Waals surface area contributed by atoms with E-state index in [1.165, 1.54) is 22.6 Å². The van der Waals surface area contributed by atoms with Crippen molar-refractivity contribution in [3.8, 4) is 5.75 Å². The Balaban J connectivity index is 2.36. The van der Waals surface area contributed by atoms with Crippen LogP contribution in [0.5, 0.6) is 5.75 Å². The number of benzene rings is 1. The van der Waals surface area contributed by atoms with Gasteiger partial charge in [0.2, 0.25) is 0 Å². The van der Waals surface area contributed by atoms with Gasteiger partial charge in [0.05, 0.1) is 15.7 Å². The van der Waals surface area contributed by atoms with Crippen molar-refractivity contribution in [3.05, 3.63) is 38.6 Å². The Morgan fingerprint density at radius 2 is 1.96 bits per heavy atom.